The number of hydrogen-bond donors (Lipinski definition) is 2. The Morgan fingerprint density at radius 2 is 1.10 bits per heavy atom. The van der Waals surface area contributed by atoms with Crippen LogP contribution in [0, 0.1) is 23.7 Å². The van der Waals surface area contributed by atoms with E-state index >= 15 is 0 Å². The highest BCUT2D eigenvalue weighted by Gasteiger charge is 2.68. The first-order valence-corrected chi connectivity index (χ1v) is 10.9. The van der Waals surface area contributed by atoms with Gasteiger partial charge in [-0.05, 0) is 36.4 Å². The van der Waals surface area contributed by atoms with E-state index < -0.39 is 5.66 Å². The second-order valence-electron chi connectivity index (χ2n) is 8.56. The SMILES string of the molecule is CC1C(=O)N(c2ccc(O)c(Cl)c2)C2(C1C)C(C)C(C)C(=O)N2c1ccc(O)c(Cl)c1. The van der Waals surface area contributed by atoms with Crippen molar-refractivity contribution in [2.45, 2.75) is 33.4 Å². The smallest absolute Gasteiger partial charge is 0.232 e. The van der Waals surface area contributed by atoms with Crippen molar-refractivity contribution < 1.29 is 19.8 Å². The van der Waals surface area contributed by atoms with Crippen molar-refractivity contribution in [2.24, 2.45) is 23.7 Å². The van der Waals surface area contributed by atoms with E-state index in [-0.39, 0.29) is 57.0 Å². The van der Waals surface area contributed by atoms with Crippen LogP contribution in [-0.4, -0.2) is 27.7 Å². The Hall–Kier alpha value is -2.44. The minimum Gasteiger partial charge on any atom is -0.506 e. The Morgan fingerprint density at radius 1 is 0.742 bits per heavy atom. The van der Waals surface area contributed by atoms with Gasteiger partial charge in [-0.25, -0.2) is 0 Å². The van der Waals surface area contributed by atoms with Gasteiger partial charge in [0, 0.05) is 35.0 Å². The van der Waals surface area contributed by atoms with Crippen molar-refractivity contribution in [3.8, 4) is 11.5 Å². The van der Waals surface area contributed by atoms with Crippen LogP contribution in [0.5, 0.6) is 11.5 Å². The zero-order valence-corrected chi connectivity index (χ0v) is 19.1. The number of phenolic OH excluding ortho intramolecular Hbond substituents is 2. The summed E-state index contributed by atoms with van der Waals surface area (Å²) in [6, 6.07) is 9.24. The predicted octanol–water partition coefficient (Wildman–Crippen LogP) is 5.04. The van der Waals surface area contributed by atoms with Gasteiger partial charge in [-0.3, -0.25) is 19.4 Å². The van der Waals surface area contributed by atoms with Crippen LogP contribution in [0.15, 0.2) is 36.4 Å². The Morgan fingerprint density at radius 3 is 1.42 bits per heavy atom. The van der Waals surface area contributed by atoms with Gasteiger partial charge in [0.05, 0.1) is 10.0 Å². The molecule has 0 saturated carbocycles. The van der Waals surface area contributed by atoms with Crippen molar-refractivity contribution in [2.75, 3.05) is 9.80 Å². The molecule has 2 heterocycles. The van der Waals surface area contributed by atoms with Crippen molar-refractivity contribution >= 4 is 46.4 Å². The van der Waals surface area contributed by atoms with Crippen LogP contribution in [-0.2, 0) is 9.59 Å². The van der Waals surface area contributed by atoms with E-state index in [1.165, 1.54) is 12.1 Å². The highest BCUT2D eigenvalue weighted by Crippen LogP contribution is 2.56. The number of rotatable bonds is 2. The van der Waals surface area contributed by atoms with E-state index in [0.29, 0.717) is 11.4 Å². The largest absolute Gasteiger partial charge is 0.506 e. The first-order chi connectivity index (χ1) is 14.5. The van der Waals surface area contributed by atoms with Gasteiger partial charge in [0.25, 0.3) is 0 Å². The molecule has 8 heteroatoms. The number of hydrogen-bond acceptors (Lipinski definition) is 4. The van der Waals surface area contributed by atoms with Crippen molar-refractivity contribution in [3.63, 3.8) is 0 Å². The Balaban J connectivity index is 2.01. The molecule has 0 aliphatic carbocycles. The summed E-state index contributed by atoms with van der Waals surface area (Å²) in [5.74, 6) is -1.58. The van der Waals surface area contributed by atoms with Gasteiger partial charge >= 0.3 is 0 Å². The highest BCUT2D eigenvalue weighted by molar-refractivity contribution is 6.32. The van der Waals surface area contributed by atoms with Crippen LogP contribution in [0.1, 0.15) is 27.7 Å². The minimum atomic E-state index is -1.01. The number of nitrogens with zero attached hydrogens (tertiary/aromatic N) is 2. The summed E-state index contributed by atoms with van der Waals surface area (Å²) in [5.41, 5.74) is 0.00777. The quantitative estimate of drug-likeness (QED) is 0.654. The molecule has 164 valence electrons. The van der Waals surface area contributed by atoms with Crippen molar-refractivity contribution in [1.82, 2.24) is 0 Å². The first kappa shape index (κ1) is 21.8. The third kappa shape index (κ3) is 2.84. The van der Waals surface area contributed by atoms with E-state index in [9.17, 15) is 19.8 Å². The molecule has 2 saturated heterocycles. The van der Waals surface area contributed by atoms with E-state index in [2.05, 4.69) is 0 Å². The summed E-state index contributed by atoms with van der Waals surface area (Å²) in [5, 5.41) is 20.0. The Bertz CT molecular complexity index is 1000. The fourth-order valence-electron chi connectivity index (χ4n) is 5.19. The third-order valence-electron chi connectivity index (χ3n) is 7.16. The molecule has 0 bridgehead atoms. The average molecular weight is 463 g/mol. The molecular formula is C23H24Cl2N2O4. The lowest BCUT2D eigenvalue weighted by Gasteiger charge is -2.47. The maximum atomic E-state index is 13.5. The Labute approximate surface area is 191 Å². The molecule has 0 aromatic heterocycles. The number of carbonyl (C=O) groups is 2. The lowest BCUT2D eigenvalue weighted by atomic mass is 9.77. The van der Waals surface area contributed by atoms with Crippen LogP contribution in [0.25, 0.3) is 0 Å². The highest BCUT2D eigenvalue weighted by atomic mass is 35.5. The van der Waals surface area contributed by atoms with Gasteiger partial charge in [0.2, 0.25) is 11.8 Å². The fraction of sp³-hybridized carbons (Fsp3) is 0.391. The number of phenols is 2. The van der Waals surface area contributed by atoms with Gasteiger partial charge in [-0.2, -0.15) is 0 Å². The molecule has 1 spiro atoms. The number of amides is 2. The lowest BCUT2D eigenvalue weighted by Crippen LogP contribution is -2.62. The van der Waals surface area contributed by atoms with E-state index in [4.69, 9.17) is 23.2 Å². The van der Waals surface area contributed by atoms with Crippen molar-refractivity contribution in [1.29, 1.82) is 0 Å². The first-order valence-electron chi connectivity index (χ1n) is 10.2. The molecule has 4 rings (SSSR count). The van der Waals surface area contributed by atoms with Gasteiger partial charge in [0.15, 0.2) is 0 Å². The van der Waals surface area contributed by atoms with Gasteiger partial charge in [-0.15, -0.1) is 0 Å². The maximum absolute atomic E-state index is 13.5. The predicted molar refractivity (Wildman–Crippen MR) is 121 cm³/mol. The van der Waals surface area contributed by atoms with E-state index in [1.807, 2.05) is 27.7 Å². The summed E-state index contributed by atoms with van der Waals surface area (Å²) >= 11 is 12.4. The van der Waals surface area contributed by atoms with Gasteiger partial charge < -0.3 is 10.2 Å². The number of anilines is 2. The van der Waals surface area contributed by atoms with Crippen LogP contribution >= 0.6 is 23.2 Å². The molecule has 2 fully saturated rings. The molecule has 2 aromatic rings. The molecule has 2 amide bonds. The molecule has 2 N–H and O–H groups in total. The van der Waals surface area contributed by atoms with Gasteiger partial charge in [0.1, 0.15) is 17.2 Å². The molecule has 4 atom stereocenters. The fourth-order valence-corrected chi connectivity index (χ4v) is 5.54. The molecule has 2 aromatic carbocycles. The van der Waals surface area contributed by atoms with Crippen LogP contribution in [0.3, 0.4) is 0 Å². The number of halogens is 2. The molecule has 0 radical (unpaired) electrons. The Kier molecular flexibility index (Phi) is 5.14. The topological polar surface area (TPSA) is 81.1 Å². The monoisotopic (exact) mass is 462 g/mol. The summed E-state index contributed by atoms with van der Waals surface area (Å²) in [7, 11) is 0. The zero-order chi connectivity index (χ0) is 22.8. The molecule has 6 nitrogen and oxygen atoms in total. The summed E-state index contributed by atoms with van der Waals surface area (Å²) in [6.45, 7) is 7.67. The number of carbonyl (C=O) groups excluding carboxylic acids is 2. The number of aromatic hydroxyl groups is 2. The molecule has 4 unspecified atom stereocenters. The van der Waals surface area contributed by atoms with E-state index in [1.54, 1.807) is 34.1 Å². The second-order valence-corrected chi connectivity index (χ2v) is 9.37. The molecule has 31 heavy (non-hydrogen) atoms. The standard InChI is InChI=1S/C23H24Cl2N2O4/c1-11-13(3)23(26(21(11)30)15-5-7-19(28)17(24)9-15)14(4)12(2)22(31)27(23)16-6-8-20(29)18(25)10-16/h5-14,28-29H,1-4H3. The zero-order valence-electron chi connectivity index (χ0n) is 17.6. The summed E-state index contributed by atoms with van der Waals surface area (Å²) in [6.07, 6.45) is 0. The third-order valence-corrected chi connectivity index (χ3v) is 7.76. The molecule has 2 aliphatic rings. The summed E-state index contributed by atoms with van der Waals surface area (Å²) in [4.78, 5) is 30.4. The van der Waals surface area contributed by atoms with Crippen LogP contribution in [0.2, 0.25) is 10.0 Å². The lowest BCUT2D eigenvalue weighted by molar-refractivity contribution is -0.121. The number of benzene rings is 2. The van der Waals surface area contributed by atoms with Gasteiger partial charge in [-0.1, -0.05) is 50.9 Å². The molecule has 2 aliphatic heterocycles. The van der Waals surface area contributed by atoms with Crippen molar-refractivity contribution in [3.05, 3.63) is 46.4 Å². The maximum Gasteiger partial charge on any atom is 0.232 e. The van der Waals surface area contributed by atoms with Crippen LogP contribution in [0.4, 0.5) is 11.4 Å². The second kappa shape index (κ2) is 7.31. The minimum absolute atomic E-state index is 0.0849. The molecular weight excluding hydrogens is 439 g/mol. The summed E-state index contributed by atoms with van der Waals surface area (Å²) < 4.78 is 0. The normalized spacial score (nSPS) is 30.6. The average Bonchev–Trinajstić information content (AvgIpc) is 3.05. The van der Waals surface area contributed by atoms with E-state index in [0.717, 1.165) is 0 Å². The van der Waals surface area contributed by atoms with Crippen LogP contribution < -0.4 is 9.80 Å².